The van der Waals surface area contributed by atoms with Crippen molar-refractivity contribution >= 4 is 28.9 Å². The highest BCUT2D eigenvalue weighted by Crippen LogP contribution is 2.46. The van der Waals surface area contributed by atoms with Crippen LogP contribution in [0.5, 0.6) is 0 Å². The summed E-state index contributed by atoms with van der Waals surface area (Å²) in [6, 6.07) is 10.1. The molecule has 0 radical (unpaired) electrons. The van der Waals surface area contributed by atoms with Crippen molar-refractivity contribution in [2.45, 2.75) is 70.6 Å². The summed E-state index contributed by atoms with van der Waals surface area (Å²) >= 11 is 0. The molecule has 6 rings (SSSR count). The molecule has 2 atom stereocenters. The molecule has 1 amide bonds. The number of carbonyl (C=O) groups is 2. The number of aromatic nitrogens is 1. The quantitative estimate of drug-likeness (QED) is 0.448. The van der Waals surface area contributed by atoms with E-state index in [0.29, 0.717) is 30.1 Å². The second-order valence-electron chi connectivity index (χ2n) is 11.1. The zero-order valence-electron chi connectivity index (χ0n) is 21.9. The van der Waals surface area contributed by atoms with Gasteiger partial charge in [0, 0.05) is 35.1 Å². The predicted molar refractivity (Wildman–Crippen MR) is 145 cm³/mol. The van der Waals surface area contributed by atoms with Gasteiger partial charge >= 0.3 is 5.97 Å². The molecule has 2 fully saturated rings. The van der Waals surface area contributed by atoms with Crippen molar-refractivity contribution in [2.24, 2.45) is 0 Å². The van der Waals surface area contributed by atoms with Crippen molar-refractivity contribution in [3.63, 3.8) is 0 Å². The number of carbonyl (C=O) groups excluding carboxylic acids is 1. The van der Waals surface area contributed by atoms with E-state index in [4.69, 9.17) is 4.74 Å². The van der Waals surface area contributed by atoms with Crippen LogP contribution in [0, 0.1) is 5.82 Å². The SMILES string of the molecule is C[C@@H]1CN(C(=O)C2=Cc3cc(F)ccc3-c3c(C4CCCCC4)c4ccc(C(=O)O)cc4n3C2)C[C@H](C)O1. The molecule has 0 spiro atoms. The summed E-state index contributed by atoms with van der Waals surface area (Å²) in [5.74, 6) is -1.10. The van der Waals surface area contributed by atoms with E-state index in [1.807, 2.05) is 37.0 Å². The van der Waals surface area contributed by atoms with Gasteiger partial charge in [0.15, 0.2) is 0 Å². The Morgan fingerprint density at radius 1 is 1.00 bits per heavy atom. The van der Waals surface area contributed by atoms with Gasteiger partial charge in [-0.25, -0.2) is 9.18 Å². The van der Waals surface area contributed by atoms with Gasteiger partial charge in [-0.15, -0.1) is 0 Å². The fourth-order valence-electron chi connectivity index (χ4n) is 6.72. The number of halogens is 1. The molecule has 1 saturated heterocycles. The monoisotopic (exact) mass is 516 g/mol. The van der Waals surface area contributed by atoms with Gasteiger partial charge in [-0.2, -0.15) is 0 Å². The largest absolute Gasteiger partial charge is 0.478 e. The van der Waals surface area contributed by atoms with E-state index in [9.17, 15) is 19.1 Å². The standard InChI is InChI=1S/C31H33FN2O4/c1-18-15-33(16-19(2)38-18)30(35)23-12-22-13-24(32)9-11-25(22)29-28(20-6-4-3-5-7-20)26-10-8-21(31(36)37)14-27(26)34(29)17-23/h8-14,18-20H,3-7,15-17H2,1-2H3,(H,36,37)/t18-,19+. The highest BCUT2D eigenvalue weighted by molar-refractivity contribution is 6.03. The zero-order chi connectivity index (χ0) is 26.6. The van der Waals surface area contributed by atoms with Gasteiger partial charge < -0.3 is 19.3 Å². The summed E-state index contributed by atoms with van der Waals surface area (Å²) in [6.45, 7) is 5.20. The van der Waals surface area contributed by atoms with Gasteiger partial charge in [0.2, 0.25) is 0 Å². The van der Waals surface area contributed by atoms with E-state index in [-0.39, 0.29) is 36.0 Å². The third kappa shape index (κ3) is 4.33. The Morgan fingerprint density at radius 3 is 2.45 bits per heavy atom. The number of rotatable bonds is 3. The Labute approximate surface area is 221 Å². The number of carboxylic acids is 1. The first kappa shape index (κ1) is 24.9. The first-order valence-electron chi connectivity index (χ1n) is 13.6. The number of fused-ring (bicyclic) bond motifs is 5. The molecule has 0 unspecified atom stereocenters. The van der Waals surface area contributed by atoms with Crippen LogP contribution in [0.4, 0.5) is 4.39 Å². The van der Waals surface area contributed by atoms with Crippen LogP contribution in [0.2, 0.25) is 0 Å². The number of aromatic carboxylic acids is 1. The molecule has 3 aromatic rings. The van der Waals surface area contributed by atoms with Crippen molar-refractivity contribution in [3.8, 4) is 11.3 Å². The Balaban J connectivity index is 1.58. The summed E-state index contributed by atoms with van der Waals surface area (Å²) in [4.78, 5) is 27.7. The second kappa shape index (κ2) is 9.70. The summed E-state index contributed by atoms with van der Waals surface area (Å²) in [6.07, 6.45) is 7.32. The molecule has 198 valence electrons. The van der Waals surface area contributed by atoms with Gasteiger partial charge in [0.05, 0.1) is 30.0 Å². The van der Waals surface area contributed by atoms with E-state index in [1.54, 1.807) is 12.1 Å². The van der Waals surface area contributed by atoms with Crippen molar-refractivity contribution in [1.29, 1.82) is 0 Å². The number of morpholine rings is 1. The first-order valence-corrected chi connectivity index (χ1v) is 13.6. The van der Waals surface area contributed by atoms with Crippen LogP contribution in [0.3, 0.4) is 0 Å². The summed E-state index contributed by atoms with van der Waals surface area (Å²) < 4.78 is 22.5. The van der Waals surface area contributed by atoms with Crippen molar-refractivity contribution in [1.82, 2.24) is 9.47 Å². The van der Waals surface area contributed by atoms with Crippen LogP contribution in [0.15, 0.2) is 42.0 Å². The fourth-order valence-corrected chi connectivity index (χ4v) is 6.72. The van der Waals surface area contributed by atoms with E-state index in [0.717, 1.165) is 47.8 Å². The third-order valence-electron chi connectivity index (χ3n) is 8.27. The minimum absolute atomic E-state index is 0.0715. The Morgan fingerprint density at radius 2 is 1.74 bits per heavy atom. The molecule has 1 N–H and O–H groups in total. The molecule has 1 aliphatic carbocycles. The van der Waals surface area contributed by atoms with Crippen LogP contribution >= 0.6 is 0 Å². The first-order chi connectivity index (χ1) is 18.3. The number of ether oxygens (including phenoxy) is 1. The number of hydrogen-bond donors (Lipinski definition) is 1. The molecule has 6 nitrogen and oxygen atoms in total. The minimum Gasteiger partial charge on any atom is -0.478 e. The molecular weight excluding hydrogens is 483 g/mol. The van der Waals surface area contributed by atoms with Crippen LogP contribution in [-0.2, 0) is 16.1 Å². The van der Waals surface area contributed by atoms with Crippen LogP contribution in [-0.4, -0.2) is 51.7 Å². The molecule has 7 heteroatoms. The van der Waals surface area contributed by atoms with E-state index >= 15 is 0 Å². The van der Waals surface area contributed by atoms with E-state index in [2.05, 4.69) is 4.57 Å². The average molecular weight is 517 g/mol. The number of hydrogen-bond acceptors (Lipinski definition) is 3. The zero-order valence-corrected chi connectivity index (χ0v) is 21.9. The maximum atomic E-state index is 14.6. The lowest BCUT2D eigenvalue weighted by Crippen LogP contribution is -2.48. The highest BCUT2D eigenvalue weighted by atomic mass is 19.1. The van der Waals surface area contributed by atoms with Crippen LogP contribution < -0.4 is 0 Å². The van der Waals surface area contributed by atoms with Crippen molar-refractivity contribution in [3.05, 3.63) is 64.5 Å². The smallest absolute Gasteiger partial charge is 0.335 e. The maximum absolute atomic E-state index is 14.6. The van der Waals surface area contributed by atoms with E-state index in [1.165, 1.54) is 24.1 Å². The number of benzene rings is 2. The normalized spacial score (nSPS) is 22.0. The summed E-state index contributed by atoms with van der Waals surface area (Å²) in [5.41, 5.74) is 5.31. The lowest BCUT2D eigenvalue weighted by Gasteiger charge is -2.35. The van der Waals surface area contributed by atoms with Gasteiger partial charge in [-0.1, -0.05) is 25.3 Å². The second-order valence-corrected chi connectivity index (χ2v) is 11.1. The molecule has 3 aliphatic rings. The molecular formula is C31H33FN2O4. The lowest BCUT2D eigenvalue weighted by atomic mass is 9.81. The molecule has 2 aromatic carbocycles. The van der Waals surface area contributed by atoms with Gasteiger partial charge in [-0.05, 0) is 80.1 Å². The van der Waals surface area contributed by atoms with Crippen molar-refractivity contribution < 1.29 is 23.8 Å². The fraction of sp³-hybridized carbons (Fsp3) is 0.419. The lowest BCUT2D eigenvalue weighted by molar-refractivity contribution is -0.139. The summed E-state index contributed by atoms with van der Waals surface area (Å²) in [5, 5.41) is 10.8. The number of amides is 1. The Kier molecular flexibility index (Phi) is 6.34. The third-order valence-corrected chi connectivity index (χ3v) is 8.27. The number of carboxylic acid groups (broad SMARTS) is 1. The summed E-state index contributed by atoms with van der Waals surface area (Å²) in [7, 11) is 0. The Bertz CT molecular complexity index is 1460. The predicted octanol–water partition coefficient (Wildman–Crippen LogP) is 6.23. The Hall–Kier alpha value is -3.45. The van der Waals surface area contributed by atoms with E-state index < -0.39 is 5.97 Å². The van der Waals surface area contributed by atoms with Gasteiger partial charge in [-0.3, -0.25) is 4.79 Å². The molecule has 1 saturated carbocycles. The molecule has 3 heterocycles. The maximum Gasteiger partial charge on any atom is 0.335 e. The molecule has 1 aromatic heterocycles. The van der Waals surface area contributed by atoms with Gasteiger partial charge in [0.1, 0.15) is 5.82 Å². The average Bonchev–Trinajstić information content (AvgIpc) is 3.11. The molecule has 38 heavy (non-hydrogen) atoms. The highest BCUT2D eigenvalue weighted by Gasteiger charge is 2.33. The van der Waals surface area contributed by atoms with Crippen molar-refractivity contribution in [2.75, 3.05) is 13.1 Å². The topological polar surface area (TPSA) is 71.8 Å². The minimum atomic E-state index is -0.985. The van der Waals surface area contributed by atoms with Crippen LogP contribution in [0.1, 0.15) is 73.4 Å². The van der Waals surface area contributed by atoms with Crippen LogP contribution in [0.25, 0.3) is 28.2 Å². The number of nitrogens with zero attached hydrogens (tertiary/aromatic N) is 2. The molecule has 2 aliphatic heterocycles. The van der Waals surface area contributed by atoms with Gasteiger partial charge in [0.25, 0.3) is 5.91 Å². The molecule has 0 bridgehead atoms.